The zero-order valence-corrected chi connectivity index (χ0v) is 15.9. The van der Waals surface area contributed by atoms with Gasteiger partial charge in [0.15, 0.2) is 0 Å². The first-order chi connectivity index (χ1) is 13.2. The topological polar surface area (TPSA) is 36.4 Å². The number of benzene rings is 2. The third-order valence-electron chi connectivity index (χ3n) is 4.58. The molecule has 0 aliphatic carbocycles. The molecule has 3 aromatic rings. The van der Waals surface area contributed by atoms with Gasteiger partial charge < -0.3 is 9.80 Å². The number of carbonyl (C=O) groups excluding carboxylic acids is 1. The Morgan fingerprint density at radius 2 is 1.52 bits per heavy atom. The van der Waals surface area contributed by atoms with Gasteiger partial charge in [-0.25, -0.2) is 4.98 Å². The van der Waals surface area contributed by atoms with Crippen molar-refractivity contribution in [2.45, 2.75) is 20.4 Å². The Balaban J connectivity index is 1.95. The van der Waals surface area contributed by atoms with Gasteiger partial charge >= 0.3 is 0 Å². The Morgan fingerprint density at radius 3 is 2.15 bits per heavy atom. The molecule has 1 heterocycles. The largest absolute Gasteiger partial charge is 0.357 e. The molecule has 0 N–H and O–H groups in total. The molecular weight excluding hydrogens is 334 g/mol. The van der Waals surface area contributed by atoms with Gasteiger partial charge in [-0.1, -0.05) is 48.5 Å². The average Bonchev–Trinajstić information content (AvgIpc) is 2.74. The molecular formula is C23H25N3O. The first-order valence-corrected chi connectivity index (χ1v) is 9.34. The van der Waals surface area contributed by atoms with Crippen LogP contribution in [0.3, 0.4) is 0 Å². The van der Waals surface area contributed by atoms with Crippen LogP contribution in [0.2, 0.25) is 0 Å². The maximum Gasteiger partial charge on any atom is 0.258 e. The number of hydrogen-bond donors (Lipinski definition) is 0. The Morgan fingerprint density at radius 1 is 0.889 bits per heavy atom. The van der Waals surface area contributed by atoms with Gasteiger partial charge in [0, 0.05) is 30.5 Å². The van der Waals surface area contributed by atoms with Crippen molar-refractivity contribution in [2.24, 2.45) is 0 Å². The van der Waals surface area contributed by atoms with Gasteiger partial charge in [-0.15, -0.1) is 0 Å². The predicted octanol–water partition coefficient (Wildman–Crippen LogP) is 4.77. The summed E-state index contributed by atoms with van der Waals surface area (Å²) in [5, 5.41) is 0. The highest BCUT2D eigenvalue weighted by atomic mass is 16.2. The number of nitrogens with zero attached hydrogens (tertiary/aromatic N) is 3. The fourth-order valence-corrected chi connectivity index (χ4v) is 3.08. The lowest BCUT2D eigenvalue weighted by molar-refractivity contribution is 0.0985. The predicted molar refractivity (Wildman–Crippen MR) is 111 cm³/mol. The number of para-hydroxylation sites is 1. The molecule has 27 heavy (non-hydrogen) atoms. The van der Waals surface area contributed by atoms with E-state index in [9.17, 15) is 4.79 Å². The van der Waals surface area contributed by atoms with Gasteiger partial charge in [0.25, 0.3) is 5.91 Å². The molecule has 0 spiro atoms. The zero-order valence-electron chi connectivity index (χ0n) is 15.9. The molecule has 0 aliphatic heterocycles. The highest BCUT2D eigenvalue weighted by Crippen LogP contribution is 2.21. The standard InChI is InChI=1S/C23H25N3O/c1-3-25(4-2)22-17-20(15-16-24-22)23(27)26(21-13-9-6-10-14-21)18-19-11-7-5-8-12-19/h5-17H,3-4,18H2,1-2H3. The molecule has 0 unspecified atom stereocenters. The van der Waals surface area contributed by atoms with Gasteiger partial charge in [-0.2, -0.15) is 0 Å². The first kappa shape index (κ1) is 18.6. The van der Waals surface area contributed by atoms with E-state index in [4.69, 9.17) is 0 Å². The van der Waals surface area contributed by atoms with Crippen LogP contribution < -0.4 is 9.80 Å². The van der Waals surface area contributed by atoms with Crippen molar-refractivity contribution in [2.75, 3.05) is 22.9 Å². The third kappa shape index (κ3) is 4.53. The van der Waals surface area contributed by atoms with E-state index >= 15 is 0 Å². The van der Waals surface area contributed by atoms with Crippen molar-refractivity contribution >= 4 is 17.4 Å². The monoisotopic (exact) mass is 359 g/mol. The fraction of sp³-hybridized carbons (Fsp3) is 0.217. The summed E-state index contributed by atoms with van der Waals surface area (Å²) in [6.07, 6.45) is 1.71. The third-order valence-corrected chi connectivity index (χ3v) is 4.58. The molecule has 0 aliphatic rings. The van der Waals surface area contributed by atoms with Crippen LogP contribution in [0.15, 0.2) is 79.0 Å². The number of carbonyl (C=O) groups is 1. The summed E-state index contributed by atoms with van der Waals surface area (Å²) in [5.41, 5.74) is 2.62. The lowest BCUT2D eigenvalue weighted by atomic mass is 10.1. The van der Waals surface area contributed by atoms with E-state index in [1.54, 1.807) is 12.3 Å². The van der Waals surface area contributed by atoms with E-state index in [1.807, 2.05) is 71.6 Å². The summed E-state index contributed by atoms with van der Waals surface area (Å²) in [4.78, 5) is 21.8. The number of hydrogen-bond acceptors (Lipinski definition) is 3. The summed E-state index contributed by atoms with van der Waals surface area (Å²) < 4.78 is 0. The van der Waals surface area contributed by atoms with Gasteiger partial charge in [-0.3, -0.25) is 4.79 Å². The highest BCUT2D eigenvalue weighted by molar-refractivity contribution is 6.06. The maximum absolute atomic E-state index is 13.4. The van der Waals surface area contributed by atoms with E-state index in [0.29, 0.717) is 12.1 Å². The van der Waals surface area contributed by atoms with Gasteiger partial charge in [-0.05, 0) is 43.7 Å². The van der Waals surface area contributed by atoms with Crippen LogP contribution in [0, 0.1) is 0 Å². The summed E-state index contributed by atoms with van der Waals surface area (Å²) in [6, 6.07) is 23.5. The normalized spacial score (nSPS) is 10.4. The van der Waals surface area contributed by atoms with Crippen molar-refractivity contribution in [3.63, 3.8) is 0 Å². The van der Waals surface area contributed by atoms with E-state index in [2.05, 4.69) is 23.7 Å². The van der Waals surface area contributed by atoms with Crippen molar-refractivity contribution in [3.8, 4) is 0 Å². The number of aromatic nitrogens is 1. The quantitative estimate of drug-likeness (QED) is 0.609. The SMILES string of the molecule is CCN(CC)c1cc(C(=O)N(Cc2ccccc2)c2ccccc2)ccn1. The van der Waals surface area contributed by atoms with Crippen LogP contribution in [0.25, 0.3) is 0 Å². The van der Waals surface area contributed by atoms with E-state index in [0.717, 1.165) is 30.2 Å². The molecule has 138 valence electrons. The Hall–Kier alpha value is -3.14. The Labute approximate surface area is 161 Å². The first-order valence-electron chi connectivity index (χ1n) is 9.34. The summed E-state index contributed by atoms with van der Waals surface area (Å²) in [5.74, 6) is 0.805. The van der Waals surface area contributed by atoms with Crippen LogP contribution in [0.4, 0.5) is 11.5 Å². The summed E-state index contributed by atoms with van der Waals surface area (Å²) in [6.45, 7) is 6.41. The Bertz CT molecular complexity index is 861. The van der Waals surface area contributed by atoms with Gasteiger partial charge in [0.05, 0.1) is 6.54 Å². The second-order valence-corrected chi connectivity index (χ2v) is 6.29. The molecule has 4 heteroatoms. The molecule has 0 bridgehead atoms. The van der Waals surface area contributed by atoms with Crippen LogP contribution in [0.5, 0.6) is 0 Å². The van der Waals surface area contributed by atoms with Crippen molar-refractivity contribution < 1.29 is 4.79 Å². The molecule has 1 amide bonds. The van der Waals surface area contributed by atoms with Crippen molar-refractivity contribution in [1.29, 1.82) is 0 Å². The van der Waals surface area contributed by atoms with Crippen molar-refractivity contribution in [1.82, 2.24) is 4.98 Å². The van der Waals surface area contributed by atoms with Crippen molar-refractivity contribution in [3.05, 3.63) is 90.1 Å². The second kappa shape index (κ2) is 8.99. The lowest BCUT2D eigenvalue weighted by Crippen LogP contribution is -2.31. The molecule has 1 aromatic heterocycles. The fourth-order valence-electron chi connectivity index (χ4n) is 3.08. The molecule has 0 saturated carbocycles. The molecule has 0 fully saturated rings. The van der Waals surface area contributed by atoms with Crippen LogP contribution >= 0.6 is 0 Å². The van der Waals surface area contributed by atoms with E-state index in [-0.39, 0.29) is 5.91 Å². The zero-order chi connectivity index (χ0) is 19.1. The van der Waals surface area contributed by atoms with E-state index < -0.39 is 0 Å². The maximum atomic E-state index is 13.4. The van der Waals surface area contributed by atoms with E-state index in [1.165, 1.54) is 0 Å². The Kier molecular flexibility index (Phi) is 6.21. The number of amides is 1. The van der Waals surface area contributed by atoms with Crippen LogP contribution in [-0.2, 0) is 6.54 Å². The molecule has 4 nitrogen and oxygen atoms in total. The van der Waals surface area contributed by atoms with Crippen LogP contribution in [-0.4, -0.2) is 24.0 Å². The number of rotatable bonds is 7. The average molecular weight is 359 g/mol. The molecule has 0 saturated heterocycles. The van der Waals surface area contributed by atoms with Crippen LogP contribution in [0.1, 0.15) is 29.8 Å². The number of anilines is 2. The molecule has 3 rings (SSSR count). The van der Waals surface area contributed by atoms with Gasteiger partial charge in [0.2, 0.25) is 0 Å². The molecule has 0 atom stereocenters. The lowest BCUT2D eigenvalue weighted by Gasteiger charge is -2.24. The number of pyridine rings is 1. The summed E-state index contributed by atoms with van der Waals surface area (Å²) >= 11 is 0. The minimum Gasteiger partial charge on any atom is -0.357 e. The minimum atomic E-state index is -0.0270. The highest BCUT2D eigenvalue weighted by Gasteiger charge is 2.19. The second-order valence-electron chi connectivity index (χ2n) is 6.29. The minimum absolute atomic E-state index is 0.0270. The smallest absolute Gasteiger partial charge is 0.258 e. The molecule has 2 aromatic carbocycles. The molecule has 0 radical (unpaired) electrons. The van der Waals surface area contributed by atoms with Gasteiger partial charge in [0.1, 0.15) is 5.82 Å². The summed E-state index contributed by atoms with van der Waals surface area (Å²) in [7, 11) is 0.